The first-order valence-corrected chi connectivity index (χ1v) is 18.8. The third-order valence-electron chi connectivity index (χ3n) is 9.74. The van der Waals surface area contributed by atoms with Crippen LogP contribution < -0.4 is 0 Å². The molecular formula is C38H72NO6+. The molecule has 7 heteroatoms. The Morgan fingerprint density at radius 1 is 0.467 bits per heavy atom. The summed E-state index contributed by atoms with van der Waals surface area (Å²) in [6, 6.07) is 0. The minimum absolute atomic E-state index is 0.239. The Hall–Kier alpha value is -1.89. The molecule has 0 saturated heterocycles. The number of quaternary nitrogens is 1. The molecule has 0 fully saturated rings. The van der Waals surface area contributed by atoms with E-state index in [0.29, 0.717) is 25.8 Å². The van der Waals surface area contributed by atoms with Crippen molar-refractivity contribution in [2.75, 3.05) is 26.2 Å². The number of carboxylic acids is 3. The van der Waals surface area contributed by atoms with Crippen LogP contribution >= 0.6 is 0 Å². The molecule has 0 radical (unpaired) electrons. The molecule has 0 aliphatic carbocycles. The average Bonchev–Trinajstić information content (AvgIpc) is 3.01. The molecule has 45 heavy (non-hydrogen) atoms. The van der Waals surface area contributed by atoms with Crippen LogP contribution in [0.2, 0.25) is 0 Å². The van der Waals surface area contributed by atoms with E-state index in [-0.39, 0.29) is 24.1 Å². The van der Waals surface area contributed by atoms with E-state index >= 15 is 0 Å². The first-order chi connectivity index (χ1) is 21.7. The van der Waals surface area contributed by atoms with E-state index in [1.807, 2.05) is 20.8 Å². The van der Waals surface area contributed by atoms with Gasteiger partial charge >= 0.3 is 17.9 Å². The molecule has 0 saturated carbocycles. The summed E-state index contributed by atoms with van der Waals surface area (Å²) in [6.07, 6.45) is 30.1. The van der Waals surface area contributed by atoms with Gasteiger partial charge in [-0.1, -0.05) is 130 Å². The minimum Gasteiger partial charge on any atom is -0.481 e. The summed E-state index contributed by atoms with van der Waals surface area (Å²) in [6.45, 7) is 9.19. The fourth-order valence-corrected chi connectivity index (χ4v) is 6.62. The maximum Gasteiger partial charge on any atom is 0.312 e. The summed E-state index contributed by atoms with van der Waals surface area (Å²) in [7, 11) is 0. The highest BCUT2D eigenvalue weighted by Gasteiger charge is 2.40. The molecule has 264 valence electrons. The van der Waals surface area contributed by atoms with Crippen molar-refractivity contribution in [3.8, 4) is 0 Å². The zero-order chi connectivity index (χ0) is 33.8. The Bertz CT molecular complexity index is 722. The maximum absolute atomic E-state index is 12.0. The molecule has 0 aliphatic heterocycles. The van der Waals surface area contributed by atoms with Crippen molar-refractivity contribution in [2.45, 2.75) is 169 Å². The lowest BCUT2D eigenvalue weighted by molar-refractivity contribution is -0.935. The van der Waals surface area contributed by atoms with Gasteiger partial charge in [-0.2, -0.15) is 0 Å². The number of hydrogen-bond acceptors (Lipinski definition) is 3. The van der Waals surface area contributed by atoms with E-state index < -0.39 is 35.7 Å². The first kappa shape index (κ1) is 43.1. The minimum atomic E-state index is -0.895. The number of aliphatic carboxylic acids is 3. The highest BCUT2D eigenvalue weighted by Crippen LogP contribution is 2.25. The number of rotatable bonds is 33. The number of hydrogen-bond donors (Lipinski definition) is 3. The standard InChI is InChI=1S/C38H71NO6/c1-5-9-10-11-12-13-14-15-16-17-18-19-20-21-22-23-24-25-26-27-28-29-39(30-33(6-2)36(40)41,31-34(7-3)37(42)43)32-35(8-4)38(44)45/h24-25,33-35H,5-23,26-32H2,1-4H3,(H2-,40,41,42,43,44,45)/p+1/b25-24+. The molecule has 0 bridgehead atoms. The Kier molecular flexibility index (Phi) is 27.2. The van der Waals surface area contributed by atoms with E-state index in [1.54, 1.807) is 0 Å². The topological polar surface area (TPSA) is 112 Å². The average molecular weight is 639 g/mol. The molecule has 0 amide bonds. The number of carbonyl (C=O) groups is 3. The molecule has 0 aliphatic rings. The zero-order valence-electron chi connectivity index (χ0n) is 29.8. The van der Waals surface area contributed by atoms with Gasteiger partial charge < -0.3 is 19.8 Å². The summed E-state index contributed by atoms with van der Waals surface area (Å²) >= 11 is 0. The van der Waals surface area contributed by atoms with Gasteiger partial charge in [0.05, 0.1) is 26.2 Å². The molecule has 3 atom stereocenters. The van der Waals surface area contributed by atoms with Crippen molar-refractivity contribution in [2.24, 2.45) is 17.8 Å². The second kappa shape index (κ2) is 28.3. The second-order valence-electron chi connectivity index (χ2n) is 13.6. The van der Waals surface area contributed by atoms with Gasteiger partial charge in [0.1, 0.15) is 17.8 Å². The van der Waals surface area contributed by atoms with Crippen LogP contribution in [0.3, 0.4) is 0 Å². The van der Waals surface area contributed by atoms with E-state index in [1.165, 1.54) is 96.3 Å². The normalized spacial score (nSPS) is 15.1. The lowest BCUT2D eigenvalue weighted by Crippen LogP contribution is -2.58. The van der Waals surface area contributed by atoms with E-state index in [9.17, 15) is 29.7 Å². The van der Waals surface area contributed by atoms with Crippen molar-refractivity contribution in [1.29, 1.82) is 0 Å². The summed E-state index contributed by atoms with van der Waals surface area (Å²) in [5.74, 6) is -4.57. The van der Waals surface area contributed by atoms with Crippen LogP contribution in [0.15, 0.2) is 12.2 Å². The van der Waals surface area contributed by atoms with Crippen LogP contribution in [0.5, 0.6) is 0 Å². The largest absolute Gasteiger partial charge is 0.481 e. The smallest absolute Gasteiger partial charge is 0.312 e. The van der Waals surface area contributed by atoms with Crippen LogP contribution in [0.4, 0.5) is 0 Å². The maximum atomic E-state index is 12.0. The quantitative estimate of drug-likeness (QED) is 0.0375. The number of carboxylic acid groups (broad SMARTS) is 3. The summed E-state index contributed by atoms with van der Waals surface area (Å²) < 4.78 is 0.239. The van der Waals surface area contributed by atoms with Crippen molar-refractivity contribution < 1.29 is 34.2 Å². The molecule has 0 rings (SSSR count). The third-order valence-corrected chi connectivity index (χ3v) is 9.74. The molecule has 7 nitrogen and oxygen atoms in total. The van der Waals surface area contributed by atoms with Gasteiger partial charge in [-0.25, -0.2) is 0 Å². The molecule has 0 aromatic carbocycles. The number of nitrogens with zero attached hydrogens (tertiary/aromatic N) is 1. The number of unbranched alkanes of at least 4 members (excludes halogenated alkanes) is 17. The van der Waals surface area contributed by atoms with Crippen LogP contribution in [-0.2, 0) is 14.4 Å². The lowest BCUT2D eigenvalue weighted by Gasteiger charge is -2.43. The van der Waals surface area contributed by atoms with Crippen molar-refractivity contribution in [3.63, 3.8) is 0 Å². The van der Waals surface area contributed by atoms with Gasteiger partial charge in [0.2, 0.25) is 0 Å². The van der Waals surface area contributed by atoms with Crippen LogP contribution in [0.25, 0.3) is 0 Å². The fraction of sp³-hybridized carbons (Fsp3) is 0.868. The fourth-order valence-electron chi connectivity index (χ4n) is 6.62. The Labute approximate surface area is 276 Å². The molecule has 0 aromatic rings. The van der Waals surface area contributed by atoms with Crippen LogP contribution in [0, 0.1) is 17.8 Å². The first-order valence-electron chi connectivity index (χ1n) is 18.8. The Morgan fingerprint density at radius 3 is 1.04 bits per heavy atom. The second-order valence-corrected chi connectivity index (χ2v) is 13.6. The van der Waals surface area contributed by atoms with Gasteiger partial charge in [0.15, 0.2) is 0 Å². The van der Waals surface area contributed by atoms with E-state index in [2.05, 4.69) is 19.1 Å². The molecule has 3 unspecified atom stereocenters. The summed E-state index contributed by atoms with van der Waals surface area (Å²) in [4.78, 5) is 36.0. The molecule has 0 heterocycles. The third kappa shape index (κ3) is 22.3. The molecule has 3 N–H and O–H groups in total. The van der Waals surface area contributed by atoms with E-state index in [0.717, 1.165) is 25.7 Å². The van der Waals surface area contributed by atoms with Gasteiger partial charge in [-0.3, -0.25) is 14.4 Å². The Morgan fingerprint density at radius 2 is 0.756 bits per heavy atom. The highest BCUT2D eigenvalue weighted by molar-refractivity contribution is 5.71. The Balaban J connectivity index is 4.55. The zero-order valence-corrected chi connectivity index (χ0v) is 29.8. The van der Waals surface area contributed by atoms with Crippen molar-refractivity contribution in [1.82, 2.24) is 0 Å². The van der Waals surface area contributed by atoms with Gasteiger partial charge in [-0.15, -0.1) is 0 Å². The summed E-state index contributed by atoms with van der Waals surface area (Å²) in [5.41, 5.74) is 0. The molecule has 0 spiro atoms. The molecular weight excluding hydrogens is 566 g/mol. The van der Waals surface area contributed by atoms with Gasteiger partial charge in [-0.05, 0) is 51.4 Å². The van der Waals surface area contributed by atoms with Gasteiger partial charge in [0.25, 0.3) is 0 Å². The summed E-state index contributed by atoms with van der Waals surface area (Å²) in [5, 5.41) is 29.5. The van der Waals surface area contributed by atoms with E-state index in [4.69, 9.17) is 0 Å². The van der Waals surface area contributed by atoms with Crippen LogP contribution in [0.1, 0.15) is 169 Å². The SMILES string of the molecule is CCCCCCCCCCCCCCCCC/C=C/CCCC[N+](CC(CC)C(=O)O)(CC(CC)C(=O)O)CC(CC)C(=O)O. The van der Waals surface area contributed by atoms with Gasteiger partial charge in [0, 0.05) is 0 Å². The predicted molar refractivity (Wildman–Crippen MR) is 187 cm³/mol. The highest BCUT2D eigenvalue weighted by atomic mass is 16.4. The monoisotopic (exact) mass is 639 g/mol. The molecule has 0 aromatic heterocycles. The van der Waals surface area contributed by atoms with Crippen LogP contribution in [-0.4, -0.2) is 63.9 Å². The van der Waals surface area contributed by atoms with Crippen molar-refractivity contribution >= 4 is 17.9 Å². The predicted octanol–water partition coefficient (Wildman–Crippen LogP) is 10.1. The number of allylic oxidation sites excluding steroid dienone is 2. The van der Waals surface area contributed by atoms with Crippen molar-refractivity contribution in [3.05, 3.63) is 12.2 Å². The lowest BCUT2D eigenvalue weighted by atomic mass is 9.95.